The summed E-state index contributed by atoms with van der Waals surface area (Å²) in [5.41, 5.74) is 2.64. The van der Waals surface area contributed by atoms with Gasteiger partial charge in [-0.25, -0.2) is 9.67 Å². The highest BCUT2D eigenvalue weighted by molar-refractivity contribution is 5.81. The van der Waals surface area contributed by atoms with Crippen LogP contribution in [-0.2, 0) is 30.7 Å². The number of aromatic nitrogens is 3. The molecule has 3 heterocycles. The van der Waals surface area contributed by atoms with Crippen LogP contribution in [-0.4, -0.2) is 44.2 Å². The van der Waals surface area contributed by atoms with Crippen LogP contribution in [0, 0.1) is 0 Å². The number of fused-ring (bicyclic) bond motifs is 2. The second-order valence-corrected chi connectivity index (χ2v) is 6.76. The Labute approximate surface area is 141 Å². The van der Waals surface area contributed by atoms with Gasteiger partial charge in [0.1, 0.15) is 12.2 Å². The van der Waals surface area contributed by atoms with Crippen molar-refractivity contribution in [3.8, 4) is 0 Å². The zero-order valence-corrected chi connectivity index (χ0v) is 14.0. The number of aryl methyl sites for hydroxylation is 1. The Balaban J connectivity index is 1.37. The van der Waals surface area contributed by atoms with Crippen molar-refractivity contribution in [2.45, 2.75) is 51.4 Å². The first-order chi connectivity index (χ1) is 11.7. The van der Waals surface area contributed by atoms with Gasteiger partial charge < -0.3 is 10.2 Å². The molecule has 126 valence electrons. The van der Waals surface area contributed by atoms with E-state index >= 15 is 0 Å². The van der Waals surface area contributed by atoms with Gasteiger partial charge >= 0.3 is 0 Å². The zero-order chi connectivity index (χ0) is 16.5. The van der Waals surface area contributed by atoms with Crippen LogP contribution in [0.1, 0.15) is 30.3 Å². The Kier molecular flexibility index (Phi) is 4.06. The maximum Gasteiger partial charge on any atom is 0.239 e. The number of carbonyl (C=O) groups is 1. The van der Waals surface area contributed by atoms with Crippen LogP contribution >= 0.6 is 0 Å². The van der Waals surface area contributed by atoms with Crippen molar-refractivity contribution in [2.75, 3.05) is 6.54 Å². The average molecular weight is 325 g/mol. The largest absolute Gasteiger partial charge is 0.337 e. The zero-order valence-electron chi connectivity index (χ0n) is 14.0. The topological polar surface area (TPSA) is 63.1 Å². The van der Waals surface area contributed by atoms with Crippen molar-refractivity contribution >= 4 is 5.91 Å². The van der Waals surface area contributed by atoms with Gasteiger partial charge in [-0.3, -0.25) is 4.79 Å². The van der Waals surface area contributed by atoms with E-state index < -0.39 is 0 Å². The number of carbonyl (C=O) groups excluding carboxylic acids is 1. The van der Waals surface area contributed by atoms with E-state index in [0.717, 1.165) is 44.7 Å². The summed E-state index contributed by atoms with van der Waals surface area (Å²) in [5, 5.41) is 7.73. The Bertz CT molecular complexity index is 741. The van der Waals surface area contributed by atoms with Crippen molar-refractivity contribution in [1.82, 2.24) is 25.0 Å². The van der Waals surface area contributed by atoms with Crippen molar-refractivity contribution in [2.24, 2.45) is 0 Å². The summed E-state index contributed by atoms with van der Waals surface area (Å²) < 4.78 is 1.94. The highest BCUT2D eigenvalue weighted by Crippen LogP contribution is 2.19. The number of hydrogen-bond donors (Lipinski definition) is 1. The van der Waals surface area contributed by atoms with E-state index in [4.69, 9.17) is 0 Å². The number of amides is 1. The third kappa shape index (κ3) is 2.94. The average Bonchev–Trinajstić information content (AvgIpc) is 3.08. The summed E-state index contributed by atoms with van der Waals surface area (Å²) in [6.07, 6.45) is 4.46. The monoisotopic (exact) mass is 325 g/mol. The molecule has 6 heteroatoms. The quantitative estimate of drug-likeness (QED) is 0.920. The summed E-state index contributed by atoms with van der Waals surface area (Å²) in [6.45, 7) is 4.29. The lowest BCUT2D eigenvalue weighted by molar-refractivity contribution is -0.134. The lowest BCUT2D eigenvalue weighted by atomic mass is 9.99. The van der Waals surface area contributed by atoms with E-state index in [1.54, 1.807) is 6.33 Å². The van der Waals surface area contributed by atoms with Gasteiger partial charge in [-0.15, -0.1) is 0 Å². The van der Waals surface area contributed by atoms with Gasteiger partial charge in [-0.05, 0) is 30.9 Å². The highest BCUT2D eigenvalue weighted by atomic mass is 16.2. The van der Waals surface area contributed by atoms with Crippen LogP contribution in [0.4, 0.5) is 0 Å². The summed E-state index contributed by atoms with van der Waals surface area (Å²) in [7, 11) is 0. The van der Waals surface area contributed by atoms with Gasteiger partial charge in [-0.2, -0.15) is 5.10 Å². The van der Waals surface area contributed by atoms with Crippen LogP contribution in [0.2, 0.25) is 0 Å². The normalized spacial score (nSPS) is 21.0. The Morgan fingerprint density at radius 3 is 3.00 bits per heavy atom. The molecule has 0 fully saturated rings. The van der Waals surface area contributed by atoms with Gasteiger partial charge in [-0.1, -0.05) is 24.3 Å². The molecule has 6 nitrogen and oxygen atoms in total. The summed E-state index contributed by atoms with van der Waals surface area (Å²) in [6, 6.07) is 8.51. The lowest BCUT2D eigenvalue weighted by Crippen LogP contribution is -2.51. The van der Waals surface area contributed by atoms with Gasteiger partial charge in [0, 0.05) is 25.6 Å². The molecule has 24 heavy (non-hydrogen) atoms. The molecule has 0 radical (unpaired) electrons. The van der Waals surface area contributed by atoms with E-state index in [2.05, 4.69) is 33.6 Å². The third-order valence-electron chi connectivity index (χ3n) is 5.10. The van der Waals surface area contributed by atoms with Crippen LogP contribution in [0.15, 0.2) is 30.6 Å². The minimum atomic E-state index is -0.176. The molecule has 1 amide bonds. The maximum atomic E-state index is 12.8. The van der Waals surface area contributed by atoms with Crippen LogP contribution in [0.5, 0.6) is 0 Å². The molecule has 2 atom stereocenters. The molecule has 0 spiro atoms. The minimum absolute atomic E-state index is 0.176. The highest BCUT2D eigenvalue weighted by Gasteiger charge is 2.27. The fourth-order valence-electron chi connectivity index (χ4n) is 3.76. The molecule has 0 unspecified atom stereocenters. The molecule has 0 saturated carbocycles. The van der Waals surface area contributed by atoms with Gasteiger partial charge in [0.05, 0.1) is 12.6 Å². The molecular weight excluding hydrogens is 302 g/mol. The molecule has 2 aliphatic rings. The van der Waals surface area contributed by atoms with E-state index in [1.165, 1.54) is 11.1 Å². The predicted octanol–water partition coefficient (Wildman–Crippen LogP) is 1.16. The standard InChI is InChI=1S/C18H23N5O/c1-13(21-16-6-7-17-19-12-20-23(17)11-16)18(24)22-9-8-14-4-2-3-5-15(14)10-22/h2-5,12-13,16,21H,6-11H2,1H3/t13-,16-/m0/s1. The Morgan fingerprint density at radius 1 is 1.29 bits per heavy atom. The SMILES string of the molecule is C[C@H](N[C@H]1CCc2ncnn2C1)C(=O)N1CCc2ccccc2C1. The molecule has 1 N–H and O–H groups in total. The fourth-order valence-corrected chi connectivity index (χ4v) is 3.76. The lowest BCUT2D eigenvalue weighted by Gasteiger charge is -2.33. The molecule has 0 bridgehead atoms. The minimum Gasteiger partial charge on any atom is -0.337 e. The van der Waals surface area contributed by atoms with Crippen molar-refractivity contribution in [3.63, 3.8) is 0 Å². The van der Waals surface area contributed by atoms with E-state index in [1.807, 2.05) is 22.6 Å². The van der Waals surface area contributed by atoms with Crippen molar-refractivity contribution < 1.29 is 4.79 Å². The summed E-state index contributed by atoms with van der Waals surface area (Å²) in [5.74, 6) is 1.23. The molecule has 0 saturated heterocycles. The van der Waals surface area contributed by atoms with E-state index in [-0.39, 0.29) is 18.0 Å². The number of nitrogens with zero attached hydrogens (tertiary/aromatic N) is 4. The van der Waals surface area contributed by atoms with Crippen LogP contribution in [0.25, 0.3) is 0 Å². The number of hydrogen-bond acceptors (Lipinski definition) is 4. The summed E-state index contributed by atoms with van der Waals surface area (Å²) in [4.78, 5) is 19.0. The van der Waals surface area contributed by atoms with E-state index in [0.29, 0.717) is 0 Å². The first kappa shape index (κ1) is 15.3. The molecule has 1 aromatic heterocycles. The Hall–Kier alpha value is -2.21. The number of nitrogens with one attached hydrogen (secondary N) is 1. The smallest absolute Gasteiger partial charge is 0.239 e. The van der Waals surface area contributed by atoms with E-state index in [9.17, 15) is 4.79 Å². The van der Waals surface area contributed by atoms with Gasteiger partial charge in [0.25, 0.3) is 0 Å². The first-order valence-corrected chi connectivity index (χ1v) is 8.69. The van der Waals surface area contributed by atoms with Gasteiger partial charge in [0.15, 0.2) is 0 Å². The van der Waals surface area contributed by atoms with Crippen LogP contribution in [0.3, 0.4) is 0 Å². The number of rotatable bonds is 3. The second-order valence-electron chi connectivity index (χ2n) is 6.76. The molecule has 2 aromatic rings. The molecule has 4 rings (SSSR count). The predicted molar refractivity (Wildman–Crippen MR) is 90.3 cm³/mol. The Morgan fingerprint density at radius 2 is 2.12 bits per heavy atom. The van der Waals surface area contributed by atoms with Gasteiger partial charge in [0.2, 0.25) is 5.91 Å². The molecule has 0 aliphatic carbocycles. The molecule has 1 aromatic carbocycles. The second kappa shape index (κ2) is 6.36. The van der Waals surface area contributed by atoms with Crippen LogP contribution < -0.4 is 5.32 Å². The maximum absolute atomic E-state index is 12.8. The molecular formula is C18H23N5O. The first-order valence-electron chi connectivity index (χ1n) is 8.69. The van der Waals surface area contributed by atoms with Crippen molar-refractivity contribution in [3.05, 3.63) is 47.5 Å². The van der Waals surface area contributed by atoms with Crippen molar-refractivity contribution in [1.29, 1.82) is 0 Å². The third-order valence-corrected chi connectivity index (χ3v) is 5.10. The fraction of sp³-hybridized carbons (Fsp3) is 0.500. The number of benzene rings is 1. The molecule has 2 aliphatic heterocycles. The summed E-state index contributed by atoms with van der Waals surface area (Å²) >= 11 is 0.